The molecule has 0 aliphatic heterocycles. The number of pyridine rings is 1. The molecule has 13 heavy (non-hydrogen) atoms. The van der Waals surface area contributed by atoms with E-state index in [1.165, 1.54) is 23.6 Å². The fourth-order valence-corrected chi connectivity index (χ4v) is 1.93. The minimum Gasteiger partial charge on any atom is -0.478 e. The summed E-state index contributed by atoms with van der Waals surface area (Å²) in [6.45, 7) is 0. The molecule has 0 atom stereocenters. The van der Waals surface area contributed by atoms with Gasteiger partial charge in [-0.1, -0.05) is 11.6 Å². The third kappa shape index (κ3) is 1.48. The third-order valence-corrected chi connectivity index (χ3v) is 2.56. The van der Waals surface area contributed by atoms with Gasteiger partial charge in [-0.05, 0) is 6.07 Å². The number of rotatable bonds is 1. The van der Waals surface area contributed by atoms with Crippen molar-refractivity contribution in [3.05, 3.63) is 22.3 Å². The number of halogens is 1. The van der Waals surface area contributed by atoms with Crippen LogP contribution in [0.4, 0.5) is 0 Å². The van der Waals surface area contributed by atoms with Crippen LogP contribution in [0.2, 0.25) is 4.47 Å². The average molecular weight is 215 g/mol. The molecule has 0 aromatic carbocycles. The van der Waals surface area contributed by atoms with Crippen LogP contribution in [0.5, 0.6) is 0 Å². The molecule has 0 fully saturated rings. The third-order valence-electron chi connectivity index (χ3n) is 1.47. The lowest BCUT2D eigenvalue weighted by molar-refractivity contribution is 0.0696. The molecule has 0 aliphatic carbocycles. The highest BCUT2D eigenvalue weighted by molar-refractivity contribution is 7.22. The van der Waals surface area contributed by atoms with Crippen LogP contribution < -0.4 is 0 Å². The first-order valence-corrected chi connectivity index (χ1v) is 4.51. The van der Waals surface area contributed by atoms with Crippen LogP contribution >= 0.6 is 22.9 Å². The molecule has 2 aromatic rings. The molecule has 0 aliphatic rings. The second-order valence-corrected chi connectivity index (χ2v) is 3.93. The first-order valence-electron chi connectivity index (χ1n) is 3.32. The van der Waals surface area contributed by atoms with Gasteiger partial charge in [0.1, 0.15) is 0 Å². The lowest BCUT2D eigenvalue weighted by Crippen LogP contribution is -1.96. The molecule has 2 aromatic heterocycles. The standard InChI is InChI=1S/C7H3ClN2O2S/c8-7-10-5-4(13-7)1-3(2-9-5)6(11)12/h1-2H,(H,11,12). The minimum atomic E-state index is -1.00. The molecule has 0 saturated heterocycles. The summed E-state index contributed by atoms with van der Waals surface area (Å²) in [4.78, 5) is 18.3. The molecule has 66 valence electrons. The summed E-state index contributed by atoms with van der Waals surface area (Å²) in [7, 11) is 0. The van der Waals surface area contributed by atoms with Crippen LogP contribution in [0.25, 0.3) is 10.3 Å². The zero-order valence-electron chi connectivity index (χ0n) is 6.19. The van der Waals surface area contributed by atoms with Crippen molar-refractivity contribution in [2.75, 3.05) is 0 Å². The van der Waals surface area contributed by atoms with Crippen molar-refractivity contribution in [3.63, 3.8) is 0 Å². The Kier molecular flexibility index (Phi) is 1.90. The summed E-state index contributed by atoms with van der Waals surface area (Å²) >= 11 is 6.85. The van der Waals surface area contributed by atoms with E-state index in [0.29, 0.717) is 14.8 Å². The van der Waals surface area contributed by atoms with Crippen LogP contribution in [0.3, 0.4) is 0 Å². The zero-order chi connectivity index (χ0) is 9.42. The molecule has 4 nitrogen and oxygen atoms in total. The van der Waals surface area contributed by atoms with Crippen molar-refractivity contribution < 1.29 is 9.90 Å². The molecule has 0 radical (unpaired) electrons. The number of hydrogen-bond donors (Lipinski definition) is 1. The first-order chi connectivity index (χ1) is 6.16. The largest absolute Gasteiger partial charge is 0.478 e. The molecule has 0 amide bonds. The first kappa shape index (κ1) is 8.40. The predicted octanol–water partition coefficient (Wildman–Crippen LogP) is 2.04. The van der Waals surface area contributed by atoms with Gasteiger partial charge in [-0.25, -0.2) is 14.8 Å². The number of aromatic nitrogens is 2. The quantitative estimate of drug-likeness (QED) is 0.789. The number of nitrogens with zero attached hydrogens (tertiary/aromatic N) is 2. The van der Waals surface area contributed by atoms with Gasteiger partial charge in [-0.15, -0.1) is 11.3 Å². The maximum Gasteiger partial charge on any atom is 0.337 e. The van der Waals surface area contributed by atoms with Crippen LogP contribution in [0, 0.1) is 0 Å². The normalized spacial score (nSPS) is 10.5. The molecule has 2 heterocycles. The Morgan fingerprint density at radius 2 is 2.38 bits per heavy atom. The Hall–Kier alpha value is -1.20. The second-order valence-electron chi connectivity index (χ2n) is 2.32. The van der Waals surface area contributed by atoms with Crippen molar-refractivity contribution in [2.24, 2.45) is 0 Å². The Morgan fingerprint density at radius 3 is 3.08 bits per heavy atom. The Morgan fingerprint density at radius 1 is 1.62 bits per heavy atom. The van der Waals surface area contributed by atoms with Crippen molar-refractivity contribution >= 4 is 39.3 Å². The van der Waals surface area contributed by atoms with E-state index < -0.39 is 5.97 Å². The van der Waals surface area contributed by atoms with E-state index in [1.54, 1.807) is 0 Å². The molecule has 0 spiro atoms. The Labute approximate surface area is 81.8 Å². The predicted molar refractivity (Wildman–Crippen MR) is 49.4 cm³/mol. The number of carboxylic acid groups (broad SMARTS) is 1. The van der Waals surface area contributed by atoms with E-state index >= 15 is 0 Å². The zero-order valence-corrected chi connectivity index (χ0v) is 7.76. The average Bonchev–Trinajstić information content (AvgIpc) is 2.42. The summed E-state index contributed by atoms with van der Waals surface area (Å²) in [5.41, 5.74) is 0.632. The summed E-state index contributed by atoms with van der Waals surface area (Å²) in [5.74, 6) is -1.00. The molecular formula is C7H3ClN2O2S. The molecular weight excluding hydrogens is 212 g/mol. The maximum absolute atomic E-state index is 10.6. The maximum atomic E-state index is 10.6. The SMILES string of the molecule is O=C(O)c1cnc2nc(Cl)sc2c1. The second kappa shape index (κ2) is 2.93. The van der Waals surface area contributed by atoms with Crippen molar-refractivity contribution in [1.82, 2.24) is 9.97 Å². The summed E-state index contributed by atoms with van der Waals surface area (Å²) in [6, 6.07) is 1.51. The van der Waals surface area contributed by atoms with Crippen LogP contribution in [-0.4, -0.2) is 21.0 Å². The molecule has 6 heteroatoms. The fraction of sp³-hybridized carbons (Fsp3) is 0. The van der Waals surface area contributed by atoms with Crippen LogP contribution in [-0.2, 0) is 0 Å². The van der Waals surface area contributed by atoms with Crippen molar-refractivity contribution in [1.29, 1.82) is 0 Å². The van der Waals surface area contributed by atoms with E-state index in [4.69, 9.17) is 16.7 Å². The van der Waals surface area contributed by atoms with E-state index in [9.17, 15) is 4.79 Å². The number of aromatic carboxylic acids is 1. The van der Waals surface area contributed by atoms with Gasteiger partial charge in [0.25, 0.3) is 0 Å². The smallest absolute Gasteiger partial charge is 0.337 e. The van der Waals surface area contributed by atoms with Crippen LogP contribution in [0.15, 0.2) is 12.3 Å². The fourth-order valence-electron chi connectivity index (χ4n) is 0.910. The molecule has 0 unspecified atom stereocenters. The molecule has 0 bridgehead atoms. The van der Waals surface area contributed by atoms with Crippen LogP contribution in [0.1, 0.15) is 10.4 Å². The topological polar surface area (TPSA) is 63.1 Å². The summed E-state index contributed by atoms with van der Waals surface area (Å²) in [5, 5.41) is 8.66. The number of fused-ring (bicyclic) bond motifs is 1. The number of hydrogen-bond acceptors (Lipinski definition) is 4. The Bertz CT molecular complexity index is 482. The highest BCUT2D eigenvalue weighted by Crippen LogP contribution is 2.24. The lowest BCUT2D eigenvalue weighted by atomic mass is 10.3. The van der Waals surface area contributed by atoms with E-state index in [1.807, 2.05) is 0 Å². The van der Waals surface area contributed by atoms with Gasteiger partial charge in [-0.2, -0.15) is 0 Å². The highest BCUT2D eigenvalue weighted by atomic mass is 35.5. The van der Waals surface area contributed by atoms with Gasteiger partial charge < -0.3 is 5.11 Å². The monoisotopic (exact) mass is 214 g/mol. The summed E-state index contributed by atoms with van der Waals surface area (Å²) in [6.07, 6.45) is 1.26. The van der Waals surface area contributed by atoms with Gasteiger partial charge in [0.15, 0.2) is 10.1 Å². The highest BCUT2D eigenvalue weighted by Gasteiger charge is 2.07. The number of carboxylic acids is 1. The number of thiazole rings is 1. The van der Waals surface area contributed by atoms with E-state index in [2.05, 4.69) is 9.97 Å². The van der Waals surface area contributed by atoms with Gasteiger partial charge in [0, 0.05) is 6.20 Å². The van der Waals surface area contributed by atoms with Gasteiger partial charge in [0.05, 0.1) is 10.3 Å². The van der Waals surface area contributed by atoms with Crippen molar-refractivity contribution in [2.45, 2.75) is 0 Å². The summed E-state index contributed by atoms with van der Waals surface area (Å²) < 4.78 is 1.05. The van der Waals surface area contributed by atoms with Gasteiger partial charge in [-0.3, -0.25) is 0 Å². The minimum absolute atomic E-state index is 0.146. The lowest BCUT2D eigenvalue weighted by Gasteiger charge is -1.90. The van der Waals surface area contributed by atoms with E-state index in [0.717, 1.165) is 0 Å². The van der Waals surface area contributed by atoms with Crippen molar-refractivity contribution in [3.8, 4) is 0 Å². The number of carbonyl (C=O) groups is 1. The van der Waals surface area contributed by atoms with Gasteiger partial charge in [0.2, 0.25) is 0 Å². The van der Waals surface area contributed by atoms with Gasteiger partial charge >= 0.3 is 5.97 Å². The Balaban J connectivity index is 2.67. The molecule has 0 saturated carbocycles. The molecule has 2 rings (SSSR count). The van der Waals surface area contributed by atoms with E-state index in [-0.39, 0.29) is 5.56 Å². The molecule has 1 N–H and O–H groups in total.